The number of rotatable bonds is 3. The van der Waals surface area contributed by atoms with E-state index in [2.05, 4.69) is 57.6 Å². The maximum absolute atomic E-state index is 3.70. The van der Waals surface area contributed by atoms with E-state index in [1.165, 1.54) is 22.4 Å². The maximum Gasteiger partial charge on any atom is 0.0437 e. The summed E-state index contributed by atoms with van der Waals surface area (Å²) in [7, 11) is 4.13. The smallest absolute Gasteiger partial charge is 0.0437 e. The molecule has 0 heterocycles. The Labute approximate surface area is 92.7 Å². The lowest BCUT2D eigenvalue weighted by atomic mass is 10.0. The van der Waals surface area contributed by atoms with Crippen molar-refractivity contribution >= 4 is 11.8 Å². The zero-order chi connectivity index (χ0) is 11.4. The third-order valence-electron chi connectivity index (χ3n) is 2.64. The molecular formula is C14H19N. The van der Waals surface area contributed by atoms with E-state index in [0.29, 0.717) is 0 Å². The lowest BCUT2D eigenvalue weighted by molar-refractivity contribution is 1.12. The minimum Gasteiger partial charge on any atom is -0.377 e. The third kappa shape index (κ3) is 2.50. The summed E-state index contributed by atoms with van der Waals surface area (Å²) in [5, 5.41) is 0. The highest BCUT2D eigenvalue weighted by molar-refractivity contribution is 5.71. The van der Waals surface area contributed by atoms with Gasteiger partial charge in [0.05, 0.1) is 0 Å². The van der Waals surface area contributed by atoms with Crippen molar-refractivity contribution in [3.05, 3.63) is 47.6 Å². The van der Waals surface area contributed by atoms with Crippen LogP contribution in [0.25, 0.3) is 6.08 Å². The molecule has 0 saturated heterocycles. The number of hydrogen-bond donors (Lipinski definition) is 0. The van der Waals surface area contributed by atoms with Crippen LogP contribution in [0.2, 0.25) is 0 Å². The molecule has 1 aromatic carbocycles. The molecule has 0 aliphatic rings. The van der Waals surface area contributed by atoms with Crippen molar-refractivity contribution in [2.45, 2.75) is 13.8 Å². The number of allylic oxidation sites excluding steroid dienone is 2. The van der Waals surface area contributed by atoms with Gasteiger partial charge < -0.3 is 4.90 Å². The van der Waals surface area contributed by atoms with Crippen LogP contribution in [0.5, 0.6) is 0 Å². The van der Waals surface area contributed by atoms with E-state index < -0.39 is 0 Å². The van der Waals surface area contributed by atoms with E-state index in [9.17, 15) is 0 Å². The van der Waals surface area contributed by atoms with Crippen LogP contribution >= 0.6 is 0 Å². The van der Waals surface area contributed by atoms with Gasteiger partial charge in [0, 0.05) is 25.3 Å². The third-order valence-corrected chi connectivity index (χ3v) is 2.64. The first-order valence-electron chi connectivity index (χ1n) is 5.14. The summed E-state index contributed by atoms with van der Waals surface area (Å²) in [6, 6.07) is 4.32. The predicted molar refractivity (Wildman–Crippen MR) is 69.5 cm³/mol. The Hall–Kier alpha value is -1.50. The number of hydrogen-bond acceptors (Lipinski definition) is 1. The van der Waals surface area contributed by atoms with Crippen LogP contribution < -0.4 is 4.90 Å². The predicted octanol–water partition coefficient (Wildman–Crippen LogP) is 3.57. The number of anilines is 1. The minimum absolute atomic E-state index is 1.25. The molecule has 0 atom stereocenters. The van der Waals surface area contributed by atoms with E-state index in [-0.39, 0.29) is 0 Å². The van der Waals surface area contributed by atoms with E-state index in [1.807, 2.05) is 6.08 Å². The van der Waals surface area contributed by atoms with Gasteiger partial charge in [-0.3, -0.25) is 0 Å². The highest BCUT2D eigenvalue weighted by Gasteiger charge is 2.06. The summed E-state index contributed by atoms with van der Waals surface area (Å²) >= 11 is 0. The summed E-state index contributed by atoms with van der Waals surface area (Å²) < 4.78 is 0. The zero-order valence-electron chi connectivity index (χ0n) is 10.0. The van der Waals surface area contributed by atoms with Crippen LogP contribution in [0.1, 0.15) is 16.7 Å². The first-order chi connectivity index (χ1) is 7.07. The first-order valence-corrected chi connectivity index (χ1v) is 5.14. The molecule has 1 heteroatoms. The molecule has 1 aromatic rings. The Bertz CT molecular complexity index is 387. The second kappa shape index (κ2) is 4.83. The number of nitrogens with zero attached hydrogens (tertiary/aromatic N) is 1. The van der Waals surface area contributed by atoms with Gasteiger partial charge in [0.2, 0.25) is 0 Å². The fraction of sp³-hybridized carbons (Fsp3) is 0.286. The van der Waals surface area contributed by atoms with E-state index >= 15 is 0 Å². The molecule has 0 aliphatic heterocycles. The Morgan fingerprint density at radius 2 is 1.87 bits per heavy atom. The van der Waals surface area contributed by atoms with Gasteiger partial charge in [-0.1, -0.05) is 30.9 Å². The van der Waals surface area contributed by atoms with E-state index in [1.54, 1.807) is 6.08 Å². The summed E-state index contributed by atoms with van der Waals surface area (Å²) in [5.74, 6) is 0. The summed E-state index contributed by atoms with van der Waals surface area (Å²) in [4.78, 5) is 2.13. The molecule has 1 rings (SSSR count). The van der Waals surface area contributed by atoms with Crippen LogP contribution in [-0.4, -0.2) is 14.1 Å². The monoisotopic (exact) mass is 201 g/mol. The first kappa shape index (κ1) is 11.6. The van der Waals surface area contributed by atoms with Gasteiger partial charge in [0.25, 0.3) is 0 Å². The molecule has 0 radical (unpaired) electrons. The molecule has 0 fully saturated rings. The van der Waals surface area contributed by atoms with E-state index in [0.717, 1.165) is 0 Å². The standard InChI is InChI=1S/C14H19N/c1-6-7-8-13-12(3)11(2)9-10-14(13)15(4)5/h6-10H,1H2,2-5H3/b8-7-. The molecular weight excluding hydrogens is 182 g/mol. The molecule has 0 N–H and O–H groups in total. The normalized spacial score (nSPS) is 10.7. The lowest BCUT2D eigenvalue weighted by Crippen LogP contribution is -2.11. The molecule has 1 nitrogen and oxygen atoms in total. The topological polar surface area (TPSA) is 3.24 Å². The molecule has 80 valence electrons. The van der Waals surface area contributed by atoms with Gasteiger partial charge in [-0.05, 0) is 31.0 Å². The summed E-state index contributed by atoms with van der Waals surface area (Å²) in [6.07, 6.45) is 5.90. The molecule has 0 spiro atoms. The fourth-order valence-electron chi connectivity index (χ4n) is 1.59. The second-order valence-corrected chi connectivity index (χ2v) is 3.93. The average molecular weight is 201 g/mol. The molecule has 0 saturated carbocycles. The van der Waals surface area contributed by atoms with Crippen molar-refractivity contribution in [1.82, 2.24) is 0 Å². The largest absolute Gasteiger partial charge is 0.377 e. The van der Waals surface area contributed by atoms with Crippen molar-refractivity contribution in [3.63, 3.8) is 0 Å². The van der Waals surface area contributed by atoms with Crippen LogP contribution in [0.3, 0.4) is 0 Å². The lowest BCUT2D eigenvalue weighted by Gasteiger charge is -2.18. The molecule has 0 unspecified atom stereocenters. The minimum atomic E-state index is 1.25. The van der Waals surface area contributed by atoms with Gasteiger partial charge >= 0.3 is 0 Å². The van der Waals surface area contributed by atoms with Crippen molar-refractivity contribution in [1.29, 1.82) is 0 Å². The highest BCUT2D eigenvalue weighted by Crippen LogP contribution is 2.26. The average Bonchev–Trinajstić information content (AvgIpc) is 2.19. The van der Waals surface area contributed by atoms with E-state index in [4.69, 9.17) is 0 Å². The van der Waals surface area contributed by atoms with Crippen molar-refractivity contribution in [2.75, 3.05) is 19.0 Å². The van der Waals surface area contributed by atoms with Crippen molar-refractivity contribution < 1.29 is 0 Å². The molecule has 0 aliphatic carbocycles. The quantitative estimate of drug-likeness (QED) is 0.676. The Balaban J connectivity index is 3.34. The number of benzene rings is 1. The molecule has 0 bridgehead atoms. The van der Waals surface area contributed by atoms with Gasteiger partial charge in [-0.2, -0.15) is 0 Å². The van der Waals surface area contributed by atoms with Gasteiger partial charge in [-0.25, -0.2) is 0 Å². The van der Waals surface area contributed by atoms with Crippen LogP contribution in [-0.2, 0) is 0 Å². The Morgan fingerprint density at radius 3 is 2.40 bits per heavy atom. The van der Waals surface area contributed by atoms with Gasteiger partial charge in [-0.15, -0.1) is 0 Å². The summed E-state index contributed by atoms with van der Waals surface area (Å²) in [6.45, 7) is 8.00. The van der Waals surface area contributed by atoms with Gasteiger partial charge in [0.15, 0.2) is 0 Å². The van der Waals surface area contributed by atoms with Crippen molar-refractivity contribution in [2.24, 2.45) is 0 Å². The molecule has 0 aromatic heterocycles. The van der Waals surface area contributed by atoms with Crippen LogP contribution in [0.15, 0.2) is 30.9 Å². The Morgan fingerprint density at radius 1 is 1.20 bits per heavy atom. The molecule has 15 heavy (non-hydrogen) atoms. The van der Waals surface area contributed by atoms with Crippen LogP contribution in [0, 0.1) is 13.8 Å². The second-order valence-electron chi connectivity index (χ2n) is 3.93. The highest BCUT2D eigenvalue weighted by atomic mass is 15.1. The fourth-order valence-corrected chi connectivity index (χ4v) is 1.59. The Kier molecular flexibility index (Phi) is 3.73. The molecule has 0 amide bonds. The maximum atomic E-state index is 3.70. The van der Waals surface area contributed by atoms with Crippen molar-refractivity contribution in [3.8, 4) is 0 Å². The van der Waals surface area contributed by atoms with Gasteiger partial charge in [0.1, 0.15) is 0 Å². The zero-order valence-corrected chi connectivity index (χ0v) is 10.0. The summed E-state index contributed by atoms with van der Waals surface area (Å²) in [5.41, 5.74) is 5.18. The SMILES string of the molecule is C=C/C=C\c1c(N(C)C)ccc(C)c1C. The number of aryl methyl sites for hydroxylation is 1. The van der Waals surface area contributed by atoms with Crippen LogP contribution in [0.4, 0.5) is 5.69 Å².